The fourth-order valence-electron chi connectivity index (χ4n) is 3.74. The van der Waals surface area contributed by atoms with Crippen LogP contribution in [0.25, 0.3) is 22.0 Å². The van der Waals surface area contributed by atoms with Gasteiger partial charge in [0, 0.05) is 34.3 Å². The van der Waals surface area contributed by atoms with Gasteiger partial charge in [0.1, 0.15) is 5.75 Å². The van der Waals surface area contributed by atoms with Crippen LogP contribution in [0.4, 0.5) is 0 Å². The Balaban J connectivity index is 1.42. The first-order valence-corrected chi connectivity index (χ1v) is 9.75. The van der Waals surface area contributed by atoms with Crippen molar-refractivity contribution in [2.75, 3.05) is 13.7 Å². The number of H-pyrrole nitrogens is 1. The molecule has 1 aromatic heterocycles. The molecule has 146 valence electrons. The van der Waals surface area contributed by atoms with Gasteiger partial charge in [-0.05, 0) is 48.7 Å². The van der Waals surface area contributed by atoms with Crippen molar-refractivity contribution in [3.05, 3.63) is 89.6 Å². The SMILES string of the molecule is COc1ccccc1-c1ccc(C(=O)NCCc2c(C)[nH]c3ccccc23)cc1. The molecular formula is C25H24N2O2. The fourth-order valence-corrected chi connectivity index (χ4v) is 3.74. The highest BCUT2D eigenvalue weighted by atomic mass is 16.5. The first-order valence-electron chi connectivity index (χ1n) is 9.75. The first kappa shape index (κ1) is 18.8. The molecule has 29 heavy (non-hydrogen) atoms. The summed E-state index contributed by atoms with van der Waals surface area (Å²) >= 11 is 0. The Bertz CT molecular complexity index is 1140. The van der Waals surface area contributed by atoms with E-state index in [0.29, 0.717) is 12.1 Å². The molecule has 4 nitrogen and oxygen atoms in total. The van der Waals surface area contributed by atoms with Gasteiger partial charge in [0.25, 0.3) is 5.91 Å². The Hall–Kier alpha value is -3.53. The lowest BCUT2D eigenvalue weighted by molar-refractivity contribution is 0.0954. The standard InChI is InChI=1S/C25H24N2O2/c1-17-20(22-8-3-5-9-23(22)27-17)15-16-26-25(28)19-13-11-18(12-14-19)21-7-4-6-10-24(21)29-2/h3-14,27H,15-16H2,1-2H3,(H,26,28). The van der Waals surface area contributed by atoms with Crippen LogP contribution in [0, 0.1) is 6.92 Å². The van der Waals surface area contributed by atoms with Crippen molar-refractivity contribution in [2.24, 2.45) is 0 Å². The Labute approximate surface area is 170 Å². The maximum Gasteiger partial charge on any atom is 0.251 e. The number of methoxy groups -OCH3 is 1. The molecule has 0 fully saturated rings. The summed E-state index contributed by atoms with van der Waals surface area (Å²) < 4.78 is 5.42. The Kier molecular flexibility index (Phi) is 5.34. The van der Waals surface area contributed by atoms with Gasteiger partial charge in [-0.15, -0.1) is 0 Å². The zero-order chi connectivity index (χ0) is 20.2. The molecule has 1 amide bonds. The number of benzene rings is 3. The molecule has 1 heterocycles. The number of rotatable bonds is 6. The van der Waals surface area contributed by atoms with Crippen molar-refractivity contribution in [3.63, 3.8) is 0 Å². The third kappa shape index (κ3) is 3.87. The summed E-state index contributed by atoms with van der Waals surface area (Å²) in [6, 6.07) is 23.7. The van der Waals surface area contributed by atoms with Crippen LogP contribution in [0.15, 0.2) is 72.8 Å². The second-order valence-electron chi connectivity index (χ2n) is 7.06. The molecule has 0 aliphatic carbocycles. The first-order chi connectivity index (χ1) is 14.2. The summed E-state index contributed by atoms with van der Waals surface area (Å²) in [5, 5.41) is 4.26. The molecule has 0 atom stereocenters. The molecule has 0 saturated heterocycles. The molecule has 0 aliphatic heterocycles. The number of nitrogens with one attached hydrogen (secondary N) is 2. The molecule has 0 bridgehead atoms. The van der Waals surface area contributed by atoms with Crippen LogP contribution in [-0.2, 0) is 6.42 Å². The summed E-state index contributed by atoms with van der Waals surface area (Å²) in [6.45, 7) is 2.67. The molecule has 0 unspecified atom stereocenters. The van der Waals surface area contributed by atoms with E-state index in [1.807, 2.05) is 60.7 Å². The van der Waals surface area contributed by atoms with E-state index in [0.717, 1.165) is 34.5 Å². The normalized spacial score (nSPS) is 10.8. The number of aromatic nitrogens is 1. The molecule has 3 aromatic carbocycles. The number of amides is 1. The molecule has 0 aliphatic rings. The maximum absolute atomic E-state index is 12.5. The average molecular weight is 384 g/mol. The van der Waals surface area contributed by atoms with Gasteiger partial charge in [0.15, 0.2) is 0 Å². The Morgan fingerprint density at radius 1 is 0.966 bits per heavy atom. The highest BCUT2D eigenvalue weighted by Gasteiger charge is 2.10. The van der Waals surface area contributed by atoms with Gasteiger partial charge in [-0.2, -0.15) is 0 Å². The van der Waals surface area contributed by atoms with Gasteiger partial charge in [-0.25, -0.2) is 0 Å². The molecule has 2 N–H and O–H groups in total. The molecule has 0 spiro atoms. The Morgan fingerprint density at radius 2 is 1.69 bits per heavy atom. The quantitative estimate of drug-likeness (QED) is 0.484. The van der Waals surface area contributed by atoms with E-state index in [-0.39, 0.29) is 5.91 Å². The second-order valence-corrected chi connectivity index (χ2v) is 7.06. The minimum Gasteiger partial charge on any atom is -0.496 e. The largest absolute Gasteiger partial charge is 0.496 e. The van der Waals surface area contributed by atoms with E-state index in [1.165, 1.54) is 10.9 Å². The number of aryl methyl sites for hydroxylation is 1. The van der Waals surface area contributed by atoms with E-state index >= 15 is 0 Å². The number of fused-ring (bicyclic) bond motifs is 1. The molecule has 4 aromatic rings. The van der Waals surface area contributed by atoms with Crippen LogP contribution in [-0.4, -0.2) is 24.5 Å². The number of para-hydroxylation sites is 2. The number of carbonyl (C=O) groups is 1. The van der Waals surface area contributed by atoms with E-state index in [1.54, 1.807) is 7.11 Å². The van der Waals surface area contributed by atoms with Crippen molar-refractivity contribution in [2.45, 2.75) is 13.3 Å². The molecule has 0 saturated carbocycles. The summed E-state index contributed by atoms with van der Waals surface area (Å²) in [6.07, 6.45) is 0.793. The van der Waals surface area contributed by atoms with Crippen LogP contribution in [0.2, 0.25) is 0 Å². The van der Waals surface area contributed by atoms with E-state index < -0.39 is 0 Å². The van der Waals surface area contributed by atoms with Crippen molar-refractivity contribution in [3.8, 4) is 16.9 Å². The third-order valence-corrected chi connectivity index (χ3v) is 5.25. The highest BCUT2D eigenvalue weighted by molar-refractivity contribution is 5.95. The lowest BCUT2D eigenvalue weighted by Gasteiger charge is -2.09. The van der Waals surface area contributed by atoms with E-state index in [9.17, 15) is 4.79 Å². The fraction of sp³-hybridized carbons (Fsp3) is 0.160. The van der Waals surface area contributed by atoms with Crippen LogP contribution < -0.4 is 10.1 Å². The van der Waals surface area contributed by atoms with Crippen LogP contribution in [0.3, 0.4) is 0 Å². The molecule has 4 heteroatoms. The highest BCUT2D eigenvalue weighted by Crippen LogP contribution is 2.29. The zero-order valence-electron chi connectivity index (χ0n) is 16.7. The minimum atomic E-state index is -0.0610. The predicted octanol–water partition coefficient (Wildman–Crippen LogP) is 5.12. The van der Waals surface area contributed by atoms with Crippen LogP contribution in [0.5, 0.6) is 5.75 Å². The summed E-state index contributed by atoms with van der Waals surface area (Å²) in [4.78, 5) is 16.0. The zero-order valence-corrected chi connectivity index (χ0v) is 16.7. The van der Waals surface area contributed by atoms with Gasteiger partial charge >= 0.3 is 0 Å². The number of carbonyl (C=O) groups excluding carboxylic acids is 1. The third-order valence-electron chi connectivity index (χ3n) is 5.25. The Morgan fingerprint density at radius 3 is 2.48 bits per heavy atom. The molecular weight excluding hydrogens is 360 g/mol. The predicted molar refractivity (Wildman–Crippen MR) is 118 cm³/mol. The lowest BCUT2D eigenvalue weighted by atomic mass is 10.0. The van der Waals surface area contributed by atoms with Gasteiger partial charge in [-0.1, -0.05) is 48.5 Å². The van der Waals surface area contributed by atoms with E-state index in [2.05, 4.69) is 29.4 Å². The summed E-state index contributed by atoms with van der Waals surface area (Å²) in [5.41, 5.74) is 6.23. The van der Waals surface area contributed by atoms with Crippen molar-refractivity contribution >= 4 is 16.8 Å². The average Bonchev–Trinajstić information content (AvgIpc) is 3.09. The van der Waals surface area contributed by atoms with Crippen molar-refractivity contribution in [1.82, 2.24) is 10.3 Å². The van der Waals surface area contributed by atoms with Gasteiger partial charge in [0.05, 0.1) is 7.11 Å². The topological polar surface area (TPSA) is 54.1 Å². The summed E-state index contributed by atoms with van der Waals surface area (Å²) in [7, 11) is 1.66. The second kappa shape index (κ2) is 8.23. The summed E-state index contributed by atoms with van der Waals surface area (Å²) in [5.74, 6) is 0.757. The molecule has 4 rings (SSSR count). The van der Waals surface area contributed by atoms with Gasteiger partial charge in [-0.3, -0.25) is 4.79 Å². The van der Waals surface area contributed by atoms with Crippen LogP contribution in [0.1, 0.15) is 21.6 Å². The van der Waals surface area contributed by atoms with E-state index in [4.69, 9.17) is 4.74 Å². The smallest absolute Gasteiger partial charge is 0.251 e. The van der Waals surface area contributed by atoms with Crippen LogP contribution >= 0.6 is 0 Å². The van der Waals surface area contributed by atoms with Crippen molar-refractivity contribution in [1.29, 1.82) is 0 Å². The number of aromatic amines is 1. The monoisotopic (exact) mass is 384 g/mol. The number of hydrogen-bond acceptors (Lipinski definition) is 2. The van der Waals surface area contributed by atoms with Crippen molar-refractivity contribution < 1.29 is 9.53 Å². The lowest BCUT2D eigenvalue weighted by Crippen LogP contribution is -2.25. The number of hydrogen-bond donors (Lipinski definition) is 2. The van der Waals surface area contributed by atoms with Gasteiger partial charge in [0.2, 0.25) is 0 Å². The minimum absolute atomic E-state index is 0.0610. The number of ether oxygens (including phenoxy) is 1. The van der Waals surface area contributed by atoms with Gasteiger partial charge < -0.3 is 15.0 Å². The molecule has 0 radical (unpaired) electrons. The maximum atomic E-state index is 12.5.